The smallest absolute Gasteiger partial charge is 0.0689 e. The van der Waals surface area contributed by atoms with E-state index in [1.54, 1.807) is 0 Å². The van der Waals surface area contributed by atoms with Crippen LogP contribution in [0.3, 0.4) is 0 Å². The average molecular weight is 253 g/mol. The van der Waals surface area contributed by atoms with Crippen molar-refractivity contribution in [3.63, 3.8) is 0 Å². The van der Waals surface area contributed by atoms with E-state index in [2.05, 4.69) is 71.6 Å². The van der Waals surface area contributed by atoms with E-state index in [4.69, 9.17) is 0 Å². The minimum absolute atomic E-state index is 0.987. The van der Waals surface area contributed by atoms with E-state index in [1.807, 2.05) is 11.8 Å². The second-order valence-electron chi connectivity index (χ2n) is 4.27. The highest BCUT2D eigenvalue weighted by molar-refractivity contribution is 8.08. The summed E-state index contributed by atoms with van der Waals surface area (Å²) in [6.07, 6.45) is 2.32. The zero-order valence-electron chi connectivity index (χ0n) is 10.1. The summed E-state index contributed by atoms with van der Waals surface area (Å²) >= 11 is 1.91. The third-order valence-electron chi connectivity index (χ3n) is 3.05. The Hall–Kier alpha value is -1.67. The maximum absolute atomic E-state index is 2.39. The predicted octanol–water partition coefficient (Wildman–Crippen LogP) is 4.24. The van der Waals surface area contributed by atoms with Gasteiger partial charge in [-0.1, -0.05) is 54.6 Å². The molecule has 0 bridgehead atoms. The van der Waals surface area contributed by atoms with E-state index < -0.39 is 0 Å². The second-order valence-corrected chi connectivity index (χ2v) is 5.25. The molecule has 0 fully saturated rings. The molecule has 0 saturated carbocycles. The molecule has 0 atom stereocenters. The van der Waals surface area contributed by atoms with Crippen molar-refractivity contribution in [3.05, 3.63) is 72.3 Å². The van der Waals surface area contributed by atoms with Gasteiger partial charge in [0.2, 0.25) is 0 Å². The minimum atomic E-state index is 0.987. The number of benzene rings is 2. The number of rotatable bonds is 2. The highest BCUT2D eigenvalue weighted by atomic mass is 32.2. The first-order valence-electron chi connectivity index (χ1n) is 6.12. The Bertz CT molecular complexity index is 534. The fraction of sp³-hybridized carbons (Fsp3) is 0.125. The maximum atomic E-state index is 2.39. The summed E-state index contributed by atoms with van der Waals surface area (Å²) in [5, 5.41) is 0. The largest absolute Gasteiger partial charge is 0.358 e. The lowest BCUT2D eigenvalue weighted by Gasteiger charge is -2.27. The summed E-state index contributed by atoms with van der Waals surface area (Å²) in [6, 6.07) is 21.2. The van der Waals surface area contributed by atoms with Crippen molar-refractivity contribution in [1.29, 1.82) is 0 Å². The van der Waals surface area contributed by atoms with Crippen molar-refractivity contribution in [2.24, 2.45) is 0 Å². The topological polar surface area (TPSA) is 3.24 Å². The Balaban J connectivity index is 1.76. The van der Waals surface area contributed by atoms with E-state index in [-0.39, 0.29) is 0 Å². The summed E-state index contributed by atoms with van der Waals surface area (Å²) in [6.45, 7) is 0.987. The van der Waals surface area contributed by atoms with Crippen LogP contribution in [0, 0.1) is 0 Å². The molecule has 90 valence electrons. The monoisotopic (exact) mass is 253 g/mol. The predicted molar refractivity (Wildman–Crippen MR) is 80.7 cm³/mol. The number of hydrogen-bond donors (Lipinski definition) is 0. The minimum Gasteiger partial charge on any atom is -0.358 e. The molecule has 2 aromatic carbocycles. The fourth-order valence-electron chi connectivity index (χ4n) is 2.07. The van der Waals surface area contributed by atoms with Crippen LogP contribution in [0.2, 0.25) is 0 Å². The molecular formula is C16H15NS. The molecule has 0 spiro atoms. The standard InChI is InChI=1S/C16H15NS/c1-3-7-14(8-4-1)16-11-12-17(13-18-16)15-9-5-2-6-10-15/h1-11H,12-13H2. The molecular weight excluding hydrogens is 238 g/mol. The van der Waals surface area contributed by atoms with Gasteiger partial charge in [-0.2, -0.15) is 0 Å². The lowest BCUT2D eigenvalue weighted by Crippen LogP contribution is -2.25. The zero-order valence-corrected chi connectivity index (χ0v) is 10.9. The third-order valence-corrected chi connectivity index (χ3v) is 4.21. The molecule has 0 amide bonds. The van der Waals surface area contributed by atoms with Crippen LogP contribution in [0.4, 0.5) is 5.69 Å². The molecule has 1 nitrogen and oxygen atoms in total. The molecule has 0 saturated heterocycles. The van der Waals surface area contributed by atoms with Crippen molar-refractivity contribution in [2.75, 3.05) is 17.3 Å². The van der Waals surface area contributed by atoms with Gasteiger partial charge in [-0.15, -0.1) is 11.8 Å². The van der Waals surface area contributed by atoms with Gasteiger partial charge in [0.05, 0.1) is 5.88 Å². The zero-order chi connectivity index (χ0) is 12.2. The molecule has 2 heteroatoms. The van der Waals surface area contributed by atoms with Crippen molar-refractivity contribution in [1.82, 2.24) is 0 Å². The van der Waals surface area contributed by atoms with Gasteiger partial charge >= 0.3 is 0 Å². The lowest BCUT2D eigenvalue weighted by atomic mass is 10.2. The molecule has 0 N–H and O–H groups in total. The highest BCUT2D eigenvalue weighted by Crippen LogP contribution is 2.32. The second kappa shape index (κ2) is 5.32. The van der Waals surface area contributed by atoms with Crippen LogP contribution in [0.1, 0.15) is 5.56 Å². The molecule has 1 aliphatic rings. The molecule has 0 aromatic heterocycles. The van der Waals surface area contributed by atoms with Crippen molar-refractivity contribution in [2.45, 2.75) is 0 Å². The van der Waals surface area contributed by atoms with Gasteiger partial charge in [-0.3, -0.25) is 0 Å². The van der Waals surface area contributed by atoms with Gasteiger partial charge in [0.15, 0.2) is 0 Å². The summed E-state index contributed by atoms with van der Waals surface area (Å²) in [5.41, 5.74) is 2.63. The molecule has 0 radical (unpaired) electrons. The number of thioether (sulfide) groups is 1. The first-order chi connectivity index (χ1) is 8.93. The van der Waals surface area contributed by atoms with Gasteiger partial charge in [0.25, 0.3) is 0 Å². The molecule has 0 unspecified atom stereocenters. The van der Waals surface area contributed by atoms with E-state index in [9.17, 15) is 0 Å². The van der Waals surface area contributed by atoms with Crippen LogP contribution < -0.4 is 4.90 Å². The van der Waals surface area contributed by atoms with Crippen molar-refractivity contribution in [3.8, 4) is 0 Å². The van der Waals surface area contributed by atoms with Crippen LogP contribution in [-0.2, 0) is 0 Å². The number of anilines is 1. The van der Waals surface area contributed by atoms with E-state index in [0.29, 0.717) is 0 Å². The SMILES string of the molecule is C1=C(c2ccccc2)SCN(c2ccccc2)C1. The molecule has 1 heterocycles. The van der Waals surface area contributed by atoms with Crippen LogP contribution in [0.5, 0.6) is 0 Å². The van der Waals surface area contributed by atoms with Crippen molar-refractivity contribution < 1.29 is 0 Å². The first kappa shape index (κ1) is 11.4. The Morgan fingerprint density at radius 1 is 0.833 bits per heavy atom. The van der Waals surface area contributed by atoms with Gasteiger partial charge in [-0.25, -0.2) is 0 Å². The van der Waals surface area contributed by atoms with Gasteiger partial charge in [-0.05, 0) is 17.7 Å². The van der Waals surface area contributed by atoms with E-state index >= 15 is 0 Å². The van der Waals surface area contributed by atoms with Crippen LogP contribution in [-0.4, -0.2) is 12.4 Å². The summed E-state index contributed by atoms with van der Waals surface area (Å²) in [7, 11) is 0. The molecule has 1 aliphatic heterocycles. The molecule has 2 aromatic rings. The Labute approximate surface area is 112 Å². The van der Waals surface area contributed by atoms with Crippen LogP contribution >= 0.6 is 11.8 Å². The maximum Gasteiger partial charge on any atom is 0.0689 e. The van der Waals surface area contributed by atoms with Gasteiger partial charge in [0.1, 0.15) is 0 Å². The summed E-state index contributed by atoms with van der Waals surface area (Å²) < 4.78 is 0. The summed E-state index contributed by atoms with van der Waals surface area (Å²) in [5.74, 6) is 1.02. The van der Waals surface area contributed by atoms with Gasteiger partial charge in [0, 0.05) is 17.1 Å². The third kappa shape index (κ3) is 2.44. The number of nitrogens with zero attached hydrogens (tertiary/aromatic N) is 1. The molecule has 18 heavy (non-hydrogen) atoms. The Morgan fingerprint density at radius 3 is 2.11 bits per heavy atom. The number of hydrogen-bond acceptors (Lipinski definition) is 2. The summed E-state index contributed by atoms with van der Waals surface area (Å²) in [4.78, 5) is 3.78. The molecule has 0 aliphatic carbocycles. The normalized spacial score (nSPS) is 15.3. The number of para-hydroxylation sites is 1. The lowest BCUT2D eigenvalue weighted by molar-refractivity contribution is 1.00. The fourth-order valence-corrected chi connectivity index (χ4v) is 3.12. The van der Waals surface area contributed by atoms with E-state index in [0.717, 1.165) is 12.4 Å². The van der Waals surface area contributed by atoms with Crippen LogP contribution in [0.25, 0.3) is 4.91 Å². The van der Waals surface area contributed by atoms with Gasteiger partial charge < -0.3 is 4.90 Å². The Kier molecular flexibility index (Phi) is 3.37. The Morgan fingerprint density at radius 2 is 1.50 bits per heavy atom. The van der Waals surface area contributed by atoms with Crippen LogP contribution in [0.15, 0.2) is 66.7 Å². The highest BCUT2D eigenvalue weighted by Gasteiger charge is 2.13. The molecule has 3 rings (SSSR count). The van der Waals surface area contributed by atoms with E-state index in [1.165, 1.54) is 16.2 Å². The first-order valence-corrected chi connectivity index (χ1v) is 7.10. The van der Waals surface area contributed by atoms with Crippen molar-refractivity contribution >= 4 is 22.4 Å². The average Bonchev–Trinajstić information content (AvgIpc) is 2.49. The quantitative estimate of drug-likeness (QED) is 0.787.